The number of hydrogen-bond donors (Lipinski definition) is 1. The highest BCUT2D eigenvalue weighted by atomic mass is 19.3. The van der Waals surface area contributed by atoms with Gasteiger partial charge in [-0.2, -0.15) is 4.98 Å². The minimum Gasteiger partial charge on any atom is -0.479 e. The highest BCUT2D eigenvalue weighted by Gasteiger charge is 2.29. The van der Waals surface area contributed by atoms with E-state index in [1.165, 1.54) is 11.8 Å². The molecule has 1 saturated heterocycles. The molecule has 1 N–H and O–H groups in total. The topological polar surface area (TPSA) is 85.4 Å². The summed E-state index contributed by atoms with van der Waals surface area (Å²) in [5.41, 5.74) is 3.15. The van der Waals surface area contributed by atoms with Crippen molar-refractivity contribution in [2.45, 2.75) is 38.5 Å². The van der Waals surface area contributed by atoms with Crippen molar-refractivity contribution in [1.29, 1.82) is 0 Å². The first-order valence-electron chi connectivity index (χ1n) is 11.1. The summed E-state index contributed by atoms with van der Waals surface area (Å²) >= 11 is 0. The average molecular weight is 474 g/mol. The molecule has 0 spiro atoms. The molecule has 180 valence electrons. The number of piperidine rings is 1. The third-order valence-electron chi connectivity index (χ3n) is 6.20. The van der Waals surface area contributed by atoms with Crippen LogP contribution in [0, 0.1) is 0 Å². The van der Waals surface area contributed by atoms with E-state index in [1.807, 2.05) is 19.1 Å². The summed E-state index contributed by atoms with van der Waals surface area (Å²) in [6.45, 7) is 3.49. The first-order valence-corrected chi connectivity index (χ1v) is 11.1. The van der Waals surface area contributed by atoms with Crippen LogP contribution in [0.5, 0.6) is 5.88 Å². The van der Waals surface area contributed by atoms with Crippen molar-refractivity contribution in [2.24, 2.45) is 0 Å². The molecule has 5 rings (SSSR count). The molecule has 12 heteroatoms. The van der Waals surface area contributed by atoms with Gasteiger partial charge in [-0.25, -0.2) is 22.4 Å². The summed E-state index contributed by atoms with van der Waals surface area (Å²) in [6.07, 6.45) is -1.17. The summed E-state index contributed by atoms with van der Waals surface area (Å²) in [6, 6.07) is 6.78. The van der Waals surface area contributed by atoms with Crippen LogP contribution < -0.4 is 10.1 Å². The van der Waals surface area contributed by atoms with Crippen LogP contribution in [0.25, 0.3) is 27.7 Å². The molecule has 0 amide bonds. The fourth-order valence-electron chi connectivity index (χ4n) is 4.41. The quantitative estimate of drug-likeness (QED) is 0.440. The third kappa shape index (κ3) is 4.13. The minimum absolute atomic E-state index is 0.277. The predicted molar refractivity (Wildman–Crippen MR) is 121 cm³/mol. The number of hydrogen-bond acceptors (Lipinski definition) is 7. The Hall–Kier alpha value is -3.41. The molecule has 0 saturated carbocycles. The van der Waals surface area contributed by atoms with E-state index in [-0.39, 0.29) is 12.0 Å². The summed E-state index contributed by atoms with van der Waals surface area (Å²) in [4.78, 5) is 6.55. The normalized spacial score (nSPS) is 19.4. The maximum absolute atomic E-state index is 14.6. The maximum Gasteiger partial charge on any atom is 0.258 e. The van der Waals surface area contributed by atoms with Crippen molar-refractivity contribution >= 4 is 22.5 Å². The summed E-state index contributed by atoms with van der Waals surface area (Å²) in [5, 5.41) is 15.4. The number of methoxy groups -OCH3 is 1. The van der Waals surface area contributed by atoms with Crippen molar-refractivity contribution in [1.82, 2.24) is 34.5 Å². The number of halogens is 3. The molecule has 0 bridgehead atoms. The van der Waals surface area contributed by atoms with Crippen molar-refractivity contribution < 1.29 is 17.9 Å². The minimum atomic E-state index is -2.54. The van der Waals surface area contributed by atoms with Gasteiger partial charge in [0.15, 0.2) is 0 Å². The fourth-order valence-corrected chi connectivity index (χ4v) is 4.41. The van der Waals surface area contributed by atoms with Gasteiger partial charge in [0.2, 0.25) is 11.8 Å². The number of aromatic nitrogens is 6. The highest BCUT2D eigenvalue weighted by Crippen LogP contribution is 2.33. The first-order chi connectivity index (χ1) is 16.5. The van der Waals surface area contributed by atoms with Gasteiger partial charge in [0.1, 0.15) is 23.7 Å². The van der Waals surface area contributed by atoms with Gasteiger partial charge in [-0.05, 0) is 36.7 Å². The van der Waals surface area contributed by atoms with Crippen molar-refractivity contribution in [3.8, 4) is 17.0 Å². The van der Waals surface area contributed by atoms with Crippen LogP contribution in [0.3, 0.4) is 0 Å². The van der Waals surface area contributed by atoms with Crippen LogP contribution >= 0.6 is 0 Å². The molecule has 0 unspecified atom stereocenters. The molecule has 34 heavy (non-hydrogen) atoms. The van der Waals surface area contributed by atoms with Crippen molar-refractivity contribution in [3.63, 3.8) is 0 Å². The lowest BCUT2D eigenvalue weighted by molar-refractivity contribution is 0.122. The molecule has 3 aromatic heterocycles. The molecule has 1 fully saturated rings. The van der Waals surface area contributed by atoms with Gasteiger partial charge in [0, 0.05) is 24.8 Å². The van der Waals surface area contributed by atoms with E-state index in [0.717, 1.165) is 24.2 Å². The number of anilines is 1. The molecule has 4 aromatic rings. The van der Waals surface area contributed by atoms with Crippen LogP contribution in [0.15, 0.2) is 30.5 Å². The summed E-state index contributed by atoms with van der Waals surface area (Å²) in [5.74, 6) is 0.594. The summed E-state index contributed by atoms with van der Waals surface area (Å²) in [7, 11) is 1.51. The molecular weight excluding hydrogens is 449 g/mol. The van der Waals surface area contributed by atoms with Gasteiger partial charge in [-0.1, -0.05) is 18.2 Å². The zero-order valence-corrected chi connectivity index (χ0v) is 18.8. The largest absolute Gasteiger partial charge is 0.479 e. The van der Waals surface area contributed by atoms with Gasteiger partial charge >= 0.3 is 0 Å². The molecule has 1 aliphatic heterocycles. The number of rotatable bonds is 7. The molecule has 1 aromatic carbocycles. The number of ether oxygens (including phenoxy) is 1. The van der Waals surface area contributed by atoms with E-state index in [4.69, 9.17) is 4.74 Å². The Bertz CT molecular complexity index is 1310. The number of alkyl halides is 3. The lowest BCUT2D eigenvalue weighted by Crippen LogP contribution is -2.47. The first kappa shape index (κ1) is 22.4. The second-order valence-corrected chi connectivity index (χ2v) is 8.28. The molecule has 2 atom stereocenters. The number of fused-ring (bicyclic) bond motifs is 2. The fraction of sp³-hybridized carbons (Fsp3) is 0.455. The van der Waals surface area contributed by atoms with E-state index in [1.54, 1.807) is 22.8 Å². The van der Waals surface area contributed by atoms with Crippen LogP contribution in [0.1, 0.15) is 13.3 Å². The zero-order valence-electron chi connectivity index (χ0n) is 18.8. The van der Waals surface area contributed by atoms with Crippen molar-refractivity contribution in [3.05, 3.63) is 30.5 Å². The van der Waals surface area contributed by atoms with Crippen LogP contribution in [0.4, 0.5) is 19.1 Å². The van der Waals surface area contributed by atoms with E-state index in [0.29, 0.717) is 35.4 Å². The smallest absolute Gasteiger partial charge is 0.258 e. The average Bonchev–Trinajstić information content (AvgIpc) is 3.43. The molecule has 9 nitrogen and oxygen atoms in total. The molecule has 1 aliphatic rings. The van der Waals surface area contributed by atoms with E-state index in [2.05, 4.69) is 30.6 Å². The van der Waals surface area contributed by atoms with E-state index < -0.39 is 19.1 Å². The molecule has 4 heterocycles. The predicted octanol–water partition coefficient (Wildman–Crippen LogP) is 3.26. The van der Waals surface area contributed by atoms with Gasteiger partial charge in [-0.15, -0.1) is 10.2 Å². The lowest BCUT2D eigenvalue weighted by atomic mass is 10.0. The Morgan fingerprint density at radius 2 is 2.12 bits per heavy atom. The lowest BCUT2D eigenvalue weighted by Gasteiger charge is -2.34. The van der Waals surface area contributed by atoms with E-state index >= 15 is 0 Å². The van der Waals surface area contributed by atoms with Gasteiger partial charge in [-0.3, -0.25) is 0 Å². The van der Waals surface area contributed by atoms with Crippen LogP contribution in [0.2, 0.25) is 0 Å². The molecule has 0 radical (unpaired) electrons. The second kappa shape index (κ2) is 9.09. The van der Waals surface area contributed by atoms with Gasteiger partial charge < -0.3 is 15.0 Å². The van der Waals surface area contributed by atoms with E-state index in [9.17, 15) is 13.2 Å². The third-order valence-corrected chi connectivity index (χ3v) is 6.20. The number of nitrogens with zero attached hydrogens (tertiary/aromatic N) is 7. The Morgan fingerprint density at radius 3 is 2.85 bits per heavy atom. The number of benzene rings is 1. The Labute approximate surface area is 193 Å². The maximum atomic E-state index is 14.6. The monoisotopic (exact) mass is 474 g/mol. The zero-order chi connectivity index (χ0) is 23.8. The van der Waals surface area contributed by atoms with Crippen molar-refractivity contribution in [2.75, 3.05) is 32.1 Å². The van der Waals surface area contributed by atoms with Gasteiger partial charge in [0.05, 0.1) is 18.7 Å². The Kier molecular flexibility index (Phi) is 5.98. The van der Waals surface area contributed by atoms with Gasteiger partial charge in [0.25, 0.3) is 6.43 Å². The standard InChI is InChI=1S/C22H25F3N8O/c1-3-31-8-7-16(15(23)11-31)26-22-27-21(34-2)20-14(6-9-32(20)29-22)13-4-5-17-18(10-13)33(30-28-17)12-19(24)25/h4-6,9-10,15-16,19H,3,7-8,11-12H2,1-2H3,(H,26,29)/t15-,16+/m1/s1. The molecule has 0 aliphatic carbocycles. The Balaban J connectivity index is 1.48. The van der Waals surface area contributed by atoms with Crippen LogP contribution in [-0.2, 0) is 6.54 Å². The number of nitrogens with one attached hydrogen (secondary N) is 1. The second-order valence-electron chi connectivity index (χ2n) is 8.28. The SMILES string of the molecule is CCN1CC[C@H](Nc2nc(OC)c3c(-c4ccc5nnn(CC(F)F)c5c4)ccn3n2)[C@H](F)C1. The van der Waals surface area contributed by atoms with Crippen LogP contribution in [-0.4, -0.2) is 79.9 Å². The Morgan fingerprint density at radius 1 is 1.26 bits per heavy atom. The molecular formula is C22H25F3N8O. The number of likely N-dealkylation sites (tertiary alicyclic amines) is 1. The highest BCUT2D eigenvalue weighted by molar-refractivity contribution is 5.89. The summed E-state index contributed by atoms with van der Waals surface area (Å²) < 4.78 is 48.8.